The molecule has 0 amide bonds. The first kappa shape index (κ1) is 6.43. The van der Waals surface area contributed by atoms with Crippen molar-refractivity contribution in [1.82, 2.24) is 0 Å². The van der Waals surface area contributed by atoms with Crippen molar-refractivity contribution >= 4 is 8.58 Å². The van der Waals surface area contributed by atoms with Gasteiger partial charge in [0.15, 0.2) is 0 Å². The van der Waals surface area contributed by atoms with Gasteiger partial charge in [-0.2, -0.15) is 0 Å². The normalized spacial score (nSPS) is 11.0. The van der Waals surface area contributed by atoms with Crippen molar-refractivity contribution in [1.29, 1.82) is 0 Å². The molecular formula is C5H14P+. The molecule has 0 aliphatic rings. The Hall–Kier alpha value is 0.430. The zero-order valence-corrected chi connectivity index (χ0v) is 5.85. The molecule has 6 heavy (non-hydrogen) atoms. The van der Waals surface area contributed by atoms with Crippen LogP contribution in [0.2, 0.25) is 0 Å². The molecule has 0 saturated carbocycles. The lowest BCUT2D eigenvalue weighted by atomic mass is 10.4. The van der Waals surface area contributed by atoms with E-state index in [1.165, 1.54) is 19.0 Å². The maximum absolute atomic E-state index is 2.32. The van der Waals surface area contributed by atoms with Crippen LogP contribution in [0.15, 0.2) is 0 Å². The first-order valence-corrected chi connectivity index (χ1v) is 4.66. The molecule has 1 heteroatoms. The minimum atomic E-state index is 0.784. The second kappa shape index (κ2) is 5.43. The van der Waals surface area contributed by atoms with Crippen LogP contribution >= 0.6 is 8.58 Å². The molecule has 0 aromatic carbocycles. The topological polar surface area (TPSA) is 0 Å². The molecule has 0 aliphatic carbocycles. The molecule has 0 radical (unpaired) electrons. The fourth-order valence-electron chi connectivity index (χ4n) is 0.408. The smallest absolute Gasteiger partial charge is 0.0546 e. The summed E-state index contributed by atoms with van der Waals surface area (Å²) >= 11 is 0. The zero-order valence-electron chi connectivity index (χ0n) is 4.70. The van der Waals surface area contributed by atoms with Gasteiger partial charge in [0.05, 0.1) is 6.16 Å². The Labute approximate surface area is 42.1 Å². The summed E-state index contributed by atoms with van der Waals surface area (Å²) in [6.45, 7) is 4.56. The summed E-state index contributed by atoms with van der Waals surface area (Å²) in [7, 11) is 0.784. The summed E-state index contributed by atoms with van der Waals surface area (Å²) in [5.41, 5.74) is 0. The minimum Gasteiger partial charge on any atom is -0.0652 e. The van der Waals surface area contributed by atoms with E-state index >= 15 is 0 Å². The molecule has 0 saturated heterocycles. The maximum atomic E-state index is 2.32. The molecule has 0 aromatic heterocycles. The molecule has 0 bridgehead atoms. The Bertz CT molecular complexity index is 15.9. The fourth-order valence-corrected chi connectivity index (χ4v) is 1.22. The summed E-state index contributed by atoms with van der Waals surface area (Å²) in [6.07, 6.45) is 4.32. The number of hydrogen-bond acceptors (Lipinski definition) is 0. The number of hydrogen-bond donors (Lipinski definition) is 0. The molecule has 0 nitrogen and oxygen atoms in total. The molecule has 0 spiro atoms. The fraction of sp³-hybridized carbons (Fsp3) is 1.00. The highest BCUT2D eigenvalue weighted by Gasteiger charge is 1.80. The van der Waals surface area contributed by atoms with Crippen LogP contribution in [0.4, 0.5) is 0 Å². The lowest BCUT2D eigenvalue weighted by molar-refractivity contribution is 0.895. The van der Waals surface area contributed by atoms with E-state index in [9.17, 15) is 0 Å². The van der Waals surface area contributed by atoms with Crippen molar-refractivity contribution in [2.75, 3.05) is 12.8 Å². The first-order chi connectivity index (χ1) is 2.91. The summed E-state index contributed by atoms with van der Waals surface area (Å²) in [5.74, 6) is 0. The number of unbranched alkanes of at least 4 members (excludes halogenated alkanes) is 1. The van der Waals surface area contributed by atoms with E-state index in [0.717, 1.165) is 8.58 Å². The van der Waals surface area contributed by atoms with Gasteiger partial charge in [0.1, 0.15) is 0 Å². The molecule has 0 heterocycles. The van der Waals surface area contributed by atoms with Crippen molar-refractivity contribution in [3.05, 3.63) is 0 Å². The van der Waals surface area contributed by atoms with Crippen LogP contribution < -0.4 is 0 Å². The predicted molar refractivity (Wildman–Crippen MR) is 35.4 cm³/mol. The Morgan fingerprint density at radius 2 is 2.17 bits per heavy atom. The Morgan fingerprint density at radius 3 is 2.33 bits per heavy atom. The van der Waals surface area contributed by atoms with Gasteiger partial charge in [-0.25, -0.2) is 0 Å². The lowest BCUT2D eigenvalue weighted by Crippen LogP contribution is -1.69. The van der Waals surface area contributed by atoms with E-state index in [1.54, 1.807) is 0 Å². The quantitative estimate of drug-likeness (QED) is 0.379. The van der Waals surface area contributed by atoms with Crippen molar-refractivity contribution in [3.63, 3.8) is 0 Å². The average Bonchev–Trinajstić information content (AvgIpc) is 1.61. The molecule has 0 aromatic rings. The third kappa shape index (κ3) is 4.43. The van der Waals surface area contributed by atoms with Gasteiger partial charge in [0.2, 0.25) is 0 Å². The van der Waals surface area contributed by atoms with Gasteiger partial charge in [-0.05, 0) is 15.0 Å². The standard InChI is InChI=1S/C5H13P/c1-3-4-5-6-2/h6H,3-5H2,1-2H3/p+1. The third-order valence-electron chi connectivity index (χ3n) is 0.846. The molecule has 1 unspecified atom stereocenters. The first-order valence-electron chi connectivity index (χ1n) is 2.69. The Balaban J connectivity index is 2.34. The van der Waals surface area contributed by atoms with Crippen LogP contribution in [0.25, 0.3) is 0 Å². The van der Waals surface area contributed by atoms with Crippen LogP contribution in [-0.2, 0) is 0 Å². The average molecular weight is 105 g/mol. The second-order valence-corrected chi connectivity index (χ2v) is 2.94. The molecule has 0 rings (SSSR count). The minimum absolute atomic E-state index is 0.784. The van der Waals surface area contributed by atoms with Gasteiger partial charge in [0, 0.05) is 6.66 Å². The van der Waals surface area contributed by atoms with Gasteiger partial charge in [-0.15, -0.1) is 0 Å². The molecule has 0 aliphatic heterocycles. The van der Waals surface area contributed by atoms with E-state index in [0.29, 0.717) is 0 Å². The lowest BCUT2D eigenvalue weighted by Gasteiger charge is -1.81. The summed E-state index contributed by atoms with van der Waals surface area (Å²) in [6, 6.07) is 0. The molecular weight excluding hydrogens is 91.0 g/mol. The summed E-state index contributed by atoms with van der Waals surface area (Å²) in [5, 5.41) is 0. The van der Waals surface area contributed by atoms with Gasteiger partial charge in [-0.1, -0.05) is 13.3 Å². The van der Waals surface area contributed by atoms with Gasteiger partial charge in [0.25, 0.3) is 0 Å². The van der Waals surface area contributed by atoms with E-state index in [2.05, 4.69) is 13.6 Å². The van der Waals surface area contributed by atoms with E-state index in [4.69, 9.17) is 0 Å². The van der Waals surface area contributed by atoms with E-state index in [-0.39, 0.29) is 0 Å². The molecule has 0 fully saturated rings. The van der Waals surface area contributed by atoms with Gasteiger partial charge >= 0.3 is 0 Å². The van der Waals surface area contributed by atoms with Crippen molar-refractivity contribution in [2.45, 2.75) is 19.8 Å². The van der Waals surface area contributed by atoms with Crippen LogP contribution in [0.1, 0.15) is 19.8 Å². The van der Waals surface area contributed by atoms with Gasteiger partial charge in [-0.3, -0.25) is 0 Å². The highest BCUT2D eigenvalue weighted by molar-refractivity contribution is 7.36. The van der Waals surface area contributed by atoms with Crippen molar-refractivity contribution in [2.24, 2.45) is 0 Å². The predicted octanol–water partition coefficient (Wildman–Crippen LogP) is 1.83. The molecule has 38 valence electrons. The summed E-state index contributed by atoms with van der Waals surface area (Å²) in [4.78, 5) is 0. The Kier molecular flexibility index (Phi) is 5.82. The van der Waals surface area contributed by atoms with Crippen LogP contribution in [-0.4, -0.2) is 12.8 Å². The third-order valence-corrected chi connectivity index (χ3v) is 1.83. The highest BCUT2D eigenvalue weighted by Crippen LogP contribution is 2.04. The van der Waals surface area contributed by atoms with Crippen LogP contribution in [0.5, 0.6) is 0 Å². The molecule has 1 atom stereocenters. The largest absolute Gasteiger partial charge is 0.0652 e. The van der Waals surface area contributed by atoms with Gasteiger partial charge < -0.3 is 0 Å². The maximum Gasteiger partial charge on any atom is 0.0546 e. The zero-order chi connectivity index (χ0) is 4.83. The molecule has 0 N–H and O–H groups in total. The van der Waals surface area contributed by atoms with Crippen molar-refractivity contribution in [3.8, 4) is 0 Å². The number of rotatable bonds is 3. The summed E-state index contributed by atoms with van der Waals surface area (Å²) < 4.78 is 0. The van der Waals surface area contributed by atoms with Crippen LogP contribution in [0, 0.1) is 0 Å². The van der Waals surface area contributed by atoms with E-state index in [1.807, 2.05) is 0 Å². The Morgan fingerprint density at radius 1 is 1.50 bits per heavy atom. The monoisotopic (exact) mass is 105 g/mol. The van der Waals surface area contributed by atoms with E-state index < -0.39 is 0 Å². The second-order valence-electron chi connectivity index (χ2n) is 1.55. The van der Waals surface area contributed by atoms with Crippen LogP contribution in [0.3, 0.4) is 0 Å². The van der Waals surface area contributed by atoms with Crippen molar-refractivity contribution < 1.29 is 0 Å². The highest BCUT2D eigenvalue weighted by atomic mass is 31.1. The SMILES string of the molecule is CCCC[PH2+]C.